The maximum Gasteiger partial charge on any atom is 0.255 e. The van der Waals surface area contributed by atoms with Crippen LogP contribution in [0.25, 0.3) is 0 Å². The van der Waals surface area contributed by atoms with E-state index in [0.29, 0.717) is 24.3 Å². The van der Waals surface area contributed by atoms with Crippen LogP contribution in [0, 0.1) is 20.8 Å². The van der Waals surface area contributed by atoms with E-state index >= 15 is 0 Å². The topological polar surface area (TPSA) is 62.5 Å². The predicted molar refractivity (Wildman–Crippen MR) is 61.6 cm³/mol. The normalized spacial score (nSPS) is 12.6. The summed E-state index contributed by atoms with van der Waals surface area (Å²) < 4.78 is 5.38. The molecule has 0 spiro atoms. The molecule has 16 heavy (non-hydrogen) atoms. The van der Waals surface area contributed by atoms with Crippen LogP contribution in [-0.2, 0) is 0 Å². The van der Waals surface area contributed by atoms with Crippen LogP contribution in [-0.4, -0.2) is 23.7 Å². The molecule has 4 heteroatoms. The van der Waals surface area contributed by atoms with Crippen molar-refractivity contribution in [3.63, 3.8) is 0 Å². The van der Waals surface area contributed by atoms with Crippen molar-refractivity contribution >= 4 is 5.91 Å². The van der Waals surface area contributed by atoms with E-state index in [4.69, 9.17) is 9.52 Å². The van der Waals surface area contributed by atoms with E-state index < -0.39 is 6.10 Å². The summed E-state index contributed by atoms with van der Waals surface area (Å²) in [4.78, 5) is 11.8. The Hall–Kier alpha value is -1.29. The second kappa shape index (κ2) is 5.16. The molecule has 1 aromatic rings. The molecule has 0 aliphatic rings. The van der Waals surface area contributed by atoms with Crippen LogP contribution in [0.4, 0.5) is 0 Å². The van der Waals surface area contributed by atoms with Gasteiger partial charge in [-0.25, -0.2) is 0 Å². The summed E-state index contributed by atoms with van der Waals surface area (Å²) in [5, 5.41) is 11.8. The van der Waals surface area contributed by atoms with E-state index in [1.54, 1.807) is 13.8 Å². The van der Waals surface area contributed by atoms with Gasteiger partial charge in [-0.3, -0.25) is 4.79 Å². The first-order valence-corrected chi connectivity index (χ1v) is 5.46. The molecule has 0 aliphatic heterocycles. The number of hydrogen-bond acceptors (Lipinski definition) is 3. The summed E-state index contributed by atoms with van der Waals surface area (Å²) >= 11 is 0. The molecule has 0 radical (unpaired) electrons. The van der Waals surface area contributed by atoms with Crippen molar-refractivity contribution in [3.8, 4) is 0 Å². The van der Waals surface area contributed by atoms with E-state index in [9.17, 15) is 4.79 Å². The Morgan fingerprint density at radius 3 is 2.44 bits per heavy atom. The number of nitrogens with one attached hydrogen (secondary N) is 1. The highest BCUT2D eigenvalue weighted by atomic mass is 16.3. The van der Waals surface area contributed by atoms with E-state index in [2.05, 4.69) is 5.32 Å². The molecular weight excluding hydrogens is 206 g/mol. The van der Waals surface area contributed by atoms with Gasteiger partial charge in [0.25, 0.3) is 5.91 Å². The lowest BCUT2D eigenvalue weighted by Crippen LogP contribution is -2.27. The molecule has 90 valence electrons. The van der Waals surface area contributed by atoms with Gasteiger partial charge in [-0.05, 0) is 34.1 Å². The molecule has 2 N–H and O–H groups in total. The zero-order valence-corrected chi connectivity index (χ0v) is 10.3. The van der Waals surface area contributed by atoms with Crippen LogP contribution in [0.15, 0.2) is 4.42 Å². The average molecular weight is 225 g/mol. The Balaban J connectivity index is 2.66. The number of furan rings is 1. The summed E-state index contributed by atoms with van der Waals surface area (Å²) in [7, 11) is 0. The summed E-state index contributed by atoms with van der Waals surface area (Å²) in [5.41, 5.74) is 1.50. The second-order valence-corrected chi connectivity index (χ2v) is 4.11. The molecule has 0 saturated heterocycles. The maximum atomic E-state index is 11.8. The molecule has 1 amide bonds. The monoisotopic (exact) mass is 225 g/mol. The van der Waals surface area contributed by atoms with Gasteiger partial charge < -0.3 is 14.8 Å². The van der Waals surface area contributed by atoms with Gasteiger partial charge in [0.15, 0.2) is 0 Å². The van der Waals surface area contributed by atoms with Crippen molar-refractivity contribution in [1.29, 1.82) is 0 Å². The average Bonchev–Trinajstić information content (AvgIpc) is 2.40. The molecule has 0 aromatic carbocycles. The minimum Gasteiger partial charge on any atom is -0.466 e. The Labute approximate surface area is 95.7 Å². The van der Waals surface area contributed by atoms with Gasteiger partial charge in [-0.15, -0.1) is 0 Å². The molecular formula is C12H19NO3. The van der Waals surface area contributed by atoms with Crippen LogP contribution in [0.1, 0.15) is 40.8 Å². The molecule has 0 saturated carbocycles. The number of carbonyl (C=O) groups is 1. The maximum absolute atomic E-state index is 11.8. The Morgan fingerprint density at radius 2 is 2.00 bits per heavy atom. The minimum absolute atomic E-state index is 0.132. The van der Waals surface area contributed by atoms with E-state index in [-0.39, 0.29) is 5.91 Å². The highest BCUT2D eigenvalue weighted by molar-refractivity contribution is 5.96. The summed E-state index contributed by atoms with van der Waals surface area (Å²) in [6.07, 6.45) is 0.161. The Bertz CT molecular complexity index is 380. The fraction of sp³-hybridized carbons (Fsp3) is 0.583. The van der Waals surface area contributed by atoms with Crippen molar-refractivity contribution in [3.05, 3.63) is 22.6 Å². The zero-order chi connectivity index (χ0) is 12.3. The number of rotatable bonds is 4. The van der Waals surface area contributed by atoms with Gasteiger partial charge in [0.1, 0.15) is 11.5 Å². The van der Waals surface area contributed by atoms with Crippen molar-refractivity contribution in [2.75, 3.05) is 6.54 Å². The largest absolute Gasteiger partial charge is 0.466 e. The first-order valence-electron chi connectivity index (χ1n) is 5.46. The lowest BCUT2D eigenvalue weighted by Gasteiger charge is -2.06. The zero-order valence-electron chi connectivity index (χ0n) is 10.3. The molecule has 1 atom stereocenters. The van der Waals surface area contributed by atoms with Gasteiger partial charge in [0.05, 0.1) is 11.7 Å². The van der Waals surface area contributed by atoms with Crippen LogP contribution < -0.4 is 5.32 Å². The van der Waals surface area contributed by atoms with Crippen molar-refractivity contribution in [2.45, 2.75) is 40.2 Å². The summed E-state index contributed by atoms with van der Waals surface area (Å²) in [5.74, 6) is 1.29. The quantitative estimate of drug-likeness (QED) is 0.820. The summed E-state index contributed by atoms with van der Waals surface area (Å²) in [6.45, 7) is 7.66. The van der Waals surface area contributed by atoms with Crippen LogP contribution in [0.3, 0.4) is 0 Å². The number of aryl methyl sites for hydroxylation is 2. The number of aliphatic hydroxyl groups excluding tert-OH is 1. The number of hydrogen-bond donors (Lipinski definition) is 2. The lowest BCUT2D eigenvalue weighted by molar-refractivity contribution is 0.0943. The fourth-order valence-corrected chi connectivity index (χ4v) is 1.61. The molecule has 1 rings (SSSR count). The number of carbonyl (C=O) groups excluding carboxylic acids is 1. The van der Waals surface area contributed by atoms with E-state index in [1.807, 2.05) is 13.8 Å². The SMILES string of the molecule is Cc1oc(C)c(C(=O)NCCC(C)O)c1C. The van der Waals surface area contributed by atoms with Crippen molar-refractivity contribution < 1.29 is 14.3 Å². The third-order valence-corrected chi connectivity index (χ3v) is 2.64. The molecule has 0 bridgehead atoms. The molecule has 0 fully saturated rings. The Kier molecular flexibility index (Phi) is 4.12. The number of amides is 1. The molecule has 1 heterocycles. The van der Waals surface area contributed by atoms with Crippen LogP contribution >= 0.6 is 0 Å². The molecule has 1 unspecified atom stereocenters. The Morgan fingerprint density at radius 1 is 1.38 bits per heavy atom. The van der Waals surface area contributed by atoms with E-state index in [0.717, 1.165) is 11.3 Å². The smallest absolute Gasteiger partial charge is 0.255 e. The van der Waals surface area contributed by atoms with Crippen LogP contribution in [0.2, 0.25) is 0 Å². The van der Waals surface area contributed by atoms with Gasteiger partial charge >= 0.3 is 0 Å². The molecule has 1 aromatic heterocycles. The first kappa shape index (κ1) is 12.8. The van der Waals surface area contributed by atoms with Gasteiger partial charge in [0.2, 0.25) is 0 Å². The van der Waals surface area contributed by atoms with Gasteiger partial charge in [-0.2, -0.15) is 0 Å². The van der Waals surface area contributed by atoms with Crippen molar-refractivity contribution in [2.24, 2.45) is 0 Å². The van der Waals surface area contributed by atoms with Crippen LogP contribution in [0.5, 0.6) is 0 Å². The predicted octanol–water partition coefficient (Wildman–Crippen LogP) is 1.71. The minimum atomic E-state index is -0.395. The highest BCUT2D eigenvalue weighted by Crippen LogP contribution is 2.20. The lowest BCUT2D eigenvalue weighted by atomic mass is 10.1. The first-order chi connectivity index (χ1) is 7.43. The second-order valence-electron chi connectivity index (χ2n) is 4.11. The van der Waals surface area contributed by atoms with Gasteiger partial charge in [0, 0.05) is 12.1 Å². The third kappa shape index (κ3) is 2.85. The molecule has 4 nitrogen and oxygen atoms in total. The van der Waals surface area contributed by atoms with Gasteiger partial charge in [-0.1, -0.05) is 0 Å². The number of aliphatic hydroxyl groups is 1. The highest BCUT2D eigenvalue weighted by Gasteiger charge is 2.17. The van der Waals surface area contributed by atoms with Crippen molar-refractivity contribution in [1.82, 2.24) is 5.32 Å². The fourth-order valence-electron chi connectivity index (χ4n) is 1.61. The standard InChI is InChI=1S/C12H19NO3/c1-7(14)5-6-13-12(15)11-8(2)9(3)16-10(11)4/h7,14H,5-6H2,1-4H3,(H,13,15). The van der Waals surface area contributed by atoms with E-state index in [1.165, 1.54) is 0 Å². The third-order valence-electron chi connectivity index (χ3n) is 2.64. The summed E-state index contributed by atoms with van der Waals surface area (Å²) in [6, 6.07) is 0. The molecule has 0 aliphatic carbocycles.